The van der Waals surface area contributed by atoms with E-state index in [0.29, 0.717) is 12.8 Å². The molecule has 0 saturated carbocycles. The average molecular weight is 783 g/mol. The third-order valence-corrected chi connectivity index (χ3v) is 10.5. The summed E-state index contributed by atoms with van der Waals surface area (Å²) in [5, 5.41) is 0. The molecular weight excluding hydrogens is 699 g/mol. The topological polar surface area (TPSA) is 108 Å². The maximum atomic E-state index is 12.5. The minimum absolute atomic E-state index is 0.00470. The number of unbranched alkanes of at least 4 members (excludes halogenated alkanes) is 23. The average Bonchev–Trinajstić information content (AvgIpc) is 3.15. The van der Waals surface area contributed by atoms with Gasteiger partial charge < -0.3 is 14.4 Å². The second kappa shape index (κ2) is 40.9. The number of hydrogen-bond acceptors (Lipinski definition) is 7. The summed E-state index contributed by atoms with van der Waals surface area (Å²) in [4.78, 5) is 34.7. The molecule has 316 valence electrons. The van der Waals surface area contributed by atoms with Gasteiger partial charge >= 0.3 is 19.8 Å². The Morgan fingerprint density at radius 2 is 0.944 bits per heavy atom. The Kier molecular flexibility index (Phi) is 39.6. The van der Waals surface area contributed by atoms with Crippen LogP contribution in [0.5, 0.6) is 0 Å². The lowest BCUT2D eigenvalue weighted by Crippen LogP contribution is -2.29. The number of phosphoric acid groups is 1. The summed E-state index contributed by atoms with van der Waals surface area (Å²) >= 11 is 0. The summed E-state index contributed by atoms with van der Waals surface area (Å²) in [5.41, 5.74) is 0. The number of carbonyl (C=O) groups is 2. The fourth-order valence-electron chi connectivity index (χ4n) is 6.23. The Hall–Kier alpha value is -1.73. The van der Waals surface area contributed by atoms with Crippen molar-refractivity contribution in [1.29, 1.82) is 0 Å². The standard InChI is InChI=1S/C45H83O8P/c1-4-7-9-11-13-15-17-19-20-21-22-23-24-25-26-28-29-31-33-35-37-39-44(46)50-41-43(42-52-54(48,49)51-6-3)53-45(47)40-38-36-34-32-30-27-18-16-14-12-10-8-5-2/h8,10,14,16,27,30,43H,4-7,9,11-13,15,17-26,28-29,31-42H2,1-3H3,(H,48,49)/b10-8-,16-14-,30-27-. The number of allylic oxidation sites excluding steroid dienone is 6. The molecule has 9 heteroatoms. The summed E-state index contributed by atoms with van der Waals surface area (Å²) in [7, 11) is -4.29. The van der Waals surface area contributed by atoms with E-state index >= 15 is 0 Å². The van der Waals surface area contributed by atoms with Gasteiger partial charge in [-0.15, -0.1) is 0 Å². The van der Waals surface area contributed by atoms with Crippen molar-refractivity contribution in [2.24, 2.45) is 0 Å². The molecule has 2 unspecified atom stereocenters. The number of carbonyl (C=O) groups excluding carboxylic acids is 2. The van der Waals surface area contributed by atoms with E-state index in [2.05, 4.69) is 50.3 Å². The highest BCUT2D eigenvalue weighted by atomic mass is 31.2. The molecule has 0 aromatic heterocycles. The van der Waals surface area contributed by atoms with Crippen molar-refractivity contribution < 1.29 is 37.6 Å². The zero-order valence-electron chi connectivity index (χ0n) is 35.1. The molecule has 0 aliphatic heterocycles. The Balaban J connectivity index is 4.00. The van der Waals surface area contributed by atoms with Gasteiger partial charge in [-0.3, -0.25) is 18.6 Å². The first-order chi connectivity index (χ1) is 26.3. The van der Waals surface area contributed by atoms with Crippen LogP contribution in [0.15, 0.2) is 36.5 Å². The van der Waals surface area contributed by atoms with Crippen LogP contribution in [0, 0.1) is 0 Å². The highest BCUT2D eigenvalue weighted by Crippen LogP contribution is 2.43. The van der Waals surface area contributed by atoms with Crippen molar-refractivity contribution in [1.82, 2.24) is 0 Å². The molecule has 54 heavy (non-hydrogen) atoms. The molecule has 0 bridgehead atoms. The molecule has 0 rings (SSSR count). The first-order valence-electron chi connectivity index (χ1n) is 22.3. The summed E-state index contributed by atoms with van der Waals surface area (Å²) in [6.45, 7) is 5.34. The Morgan fingerprint density at radius 3 is 1.43 bits per heavy atom. The summed E-state index contributed by atoms with van der Waals surface area (Å²) in [6.07, 6.45) is 46.4. The van der Waals surface area contributed by atoms with Crippen LogP contribution < -0.4 is 0 Å². The van der Waals surface area contributed by atoms with Gasteiger partial charge in [0, 0.05) is 12.8 Å². The van der Waals surface area contributed by atoms with Crippen molar-refractivity contribution in [3.8, 4) is 0 Å². The van der Waals surface area contributed by atoms with Crippen LogP contribution in [0.1, 0.15) is 213 Å². The van der Waals surface area contributed by atoms with Gasteiger partial charge in [-0.05, 0) is 51.9 Å². The molecule has 8 nitrogen and oxygen atoms in total. The van der Waals surface area contributed by atoms with Crippen molar-refractivity contribution in [2.45, 2.75) is 219 Å². The summed E-state index contributed by atoms with van der Waals surface area (Å²) in [5.74, 6) is -0.825. The Morgan fingerprint density at radius 1 is 0.519 bits per heavy atom. The molecule has 0 saturated heterocycles. The first-order valence-corrected chi connectivity index (χ1v) is 23.8. The summed E-state index contributed by atoms with van der Waals surface area (Å²) in [6, 6.07) is 0. The second-order valence-corrected chi connectivity index (χ2v) is 16.1. The van der Waals surface area contributed by atoms with Crippen molar-refractivity contribution in [3.05, 3.63) is 36.5 Å². The largest absolute Gasteiger partial charge is 0.472 e. The molecule has 0 heterocycles. The molecule has 0 aliphatic carbocycles. The van der Waals surface area contributed by atoms with Gasteiger partial charge in [0.05, 0.1) is 13.2 Å². The zero-order chi connectivity index (χ0) is 39.6. The van der Waals surface area contributed by atoms with Crippen LogP contribution in [0.4, 0.5) is 0 Å². The molecular formula is C45H83O8P. The van der Waals surface area contributed by atoms with Crippen LogP contribution in [0.25, 0.3) is 0 Å². The van der Waals surface area contributed by atoms with Crippen LogP contribution in [0.3, 0.4) is 0 Å². The Labute approximate surface area is 332 Å². The highest BCUT2D eigenvalue weighted by Gasteiger charge is 2.25. The fourth-order valence-corrected chi connectivity index (χ4v) is 6.99. The molecule has 0 aromatic carbocycles. The monoisotopic (exact) mass is 783 g/mol. The number of phosphoric ester groups is 1. The lowest BCUT2D eigenvalue weighted by atomic mass is 10.0. The maximum absolute atomic E-state index is 12.5. The van der Waals surface area contributed by atoms with Gasteiger partial charge in [0.1, 0.15) is 6.61 Å². The van der Waals surface area contributed by atoms with E-state index in [1.54, 1.807) is 6.92 Å². The van der Waals surface area contributed by atoms with Crippen molar-refractivity contribution in [3.63, 3.8) is 0 Å². The summed E-state index contributed by atoms with van der Waals surface area (Å²) < 4.78 is 32.6. The minimum atomic E-state index is -4.29. The maximum Gasteiger partial charge on any atom is 0.472 e. The molecule has 0 amide bonds. The first kappa shape index (κ1) is 52.3. The van der Waals surface area contributed by atoms with E-state index in [4.69, 9.17) is 18.5 Å². The van der Waals surface area contributed by atoms with E-state index in [9.17, 15) is 19.0 Å². The van der Waals surface area contributed by atoms with E-state index in [1.165, 1.54) is 116 Å². The SMILES string of the molecule is CC/C=C\C/C=C\C/C=C\CCCCCC(=O)OC(COC(=O)CCCCCCCCCCCCCCCCCCCCCCC)COP(=O)(O)OCC. The van der Waals surface area contributed by atoms with Gasteiger partial charge in [-0.25, -0.2) is 4.57 Å². The van der Waals surface area contributed by atoms with Gasteiger partial charge in [0.15, 0.2) is 6.10 Å². The van der Waals surface area contributed by atoms with Gasteiger partial charge in [-0.2, -0.15) is 0 Å². The molecule has 2 atom stereocenters. The number of ether oxygens (including phenoxy) is 2. The van der Waals surface area contributed by atoms with Gasteiger partial charge in [0.2, 0.25) is 0 Å². The lowest BCUT2D eigenvalue weighted by molar-refractivity contribution is -0.161. The third-order valence-electron chi connectivity index (χ3n) is 9.46. The van der Waals surface area contributed by atoms with Crippen LogP contribution in [0.2, 0.25) is 0 Å². The fraction of sp³-hybridized carbons (Fsp3) is 0.822. The van der Waals surface area contributed by atoms with Crippen LogP contribution in [-0.4, -0.2) is 42.8 Å². The zero-order valence-corrected chi connectivity index (χ0v) is 36.0. The highest BCUT2D eigenvalue weighted by molar-refractivity contribution is 7.47. The van der Waals surface area contributed by atoms with Crippen molar-refractivity contribution in [2.75, 3.05) is 19.8 Å². The van der Waals surface area contributed by atoms with Crippen molar-refractivity contribution >= 4 is 19.8 Å². The van der Waals surface area contributed by atoms with E-state index in [1.807, 2.05) is 0 Å². The molecule has 1 N–H and O–H groups in total. The quantitative estimate of drug-likeness (QED) is 0.0283. The smallest absolute Gasteiger partial charge is 0.462 e. The number of rotatable bonds is 41. The Bertz CT molecular complexity index is 979. The number of esters is 2. The predicted octanol–water partition coefficient (Wildman–Crippen LogP) is 14.0. The minimum Gasteiger partial charge on any atom is -0.462 e. The van der Waals surface area contributed by atoms with E-state index in [0.717, 1.165) is 57.8 Å². The van der Waals surface area contributed by atoms with E-state index in [-0.39, 0.29) is 25.6 Å². The predicted molar refractivity (Wildman–Crippen MR) is 226 cm³/mol. The third kappa shape index (κ3) is 39.9. The molecule has 0 aliphatic rings. The molecule has 0 radical (unpaired) electrons. The molecule has 0 spiro atoms. The van der Waals surface area contributed by atoms with Gasteiger partial charge in [-0.1, -0.05) is 185 Å². The normalized spacial score (nSPS) is 13.6. The molecule has 0 fully saturated rings. The lowest BCUT2D eigenvalue weighted by Gasteiger charge is -2.19. The van der Waals surface area contributed by atoms with E-state index < -0.39 is 26.5 Å². The number of hydrogen-bond donors (Lipinski definition) is 1. The molecule has 0 aromatic rings. The van der Waals surface area contributed by atoms with Gasteiger partial charge in [0.25, 0.3) is 0 Å². The van der Waals surface area contributed by atoms with Crippen LogP contribution in [-0.2, 0) is 32.7 Å². The second-order valence-electron chi connectivity index (χ2n) is 14.7. The van der Waals surface area contributed by atoms with Crippen LogP contribution >= 0.6 is 7.82 Å².